The largest absolute Gasteiger partial charge is 0.356 e. The van der Waals surface area contributed by atoms with E-state index >= 15 is 0 Å². The highest BCUT2D eigenvalue weighted by Crippen LogP contribution is 2.31. The number of nitrogens with zero attached hydrogens (tertiary/aromatic N) is 2. The van der Waals surface area contributed by atoms with Gasteiger partial charge in [-0.05, 0) is 81.8 Å². The Hall–Kier alpha value is -1.15. The zero-order valence-corrected chi connectivity index (χ0v) is 19.0. The molecule has 30 heavy (non-hydrogen) atoms. The van der Waals surface area contributed by atoms with Gasteiger partial charge in [0.25, 0.3) is 0 Å². The molecule has 3 saturated heterocycles. The lowest BCUT2D eigenvalue weighted by Crippen LogP contribution is -2.51. The summed E-state index contributed by atoms with van der Waals surface area (Å²) in [6.07, 6.45) is 7.40. The molecule has 0 aromatic heterocycles. The Bertz CT molecular complexity index is 836. The van der Waals surface area contributed by atoms with Crippen LogP contribution in [0.2, 0.25) is 5.02 Å². The lowest BCUT2D eigenvalue weighted by Gasteiger charge is -2.44. The van der Waals surface area contributed by atoms with Crippen molar-refractivity contribution < 1.29 is 13.2 Å². The molecule has 3 heterocycles. The molecule has 4 rings (SSSR count). The molecule has 3 aliphatic rings. The van der Waals surface area contributed by atoms with Crippen LogP contribution in [0, 0.1) is 11.8 Å². The minimum absolute atomic E-state index is 0.0893. The number of amides is 1. The van der Waals surface area contributed by atoms with Crippen molar-refractivity contribution in [2.45, 2.75) is 55.9 Å². The quantitative estimate of drug-likeness (QED) is 0.743. The highest BCUT2D eigenvalue weighted by molar-refractivity contribution is 7.89. The van der Waals surface area contributed by atoms with E-state index in [2.05, 4.69) is 10.2 Å². The standard InChI is InChI=1S/C22H32ClN3O3S/c23-19-6-8-20(9-7-19)30(28,29)26-14-10-17(11-15-26)22(27)24-16-18-4-3-13-25-12-2-1-5-21(18)25/h6-9,17-18,21H,1-5,10-16H2,(H,24,27)/t18-,21+/m0/s1. The van der Waals surface area contributed by atoms with Gasteiger partial charge in [-0.15, -0.1) is 0 Å². The van der Waals surface area contributed by atoms with Gasteiger partial charge in [0, 0.05) is 36.6 Å². The van der Waals surface area contributed by atoms with Crippen LogP contribution in [0.5, 0.6) is 0 Å². The molecule has 6 nitrogen and oxygen atoms in total. The van der Waals surface area contributed by atoms with Gasteiger partial charge in [0.1, 0.15) is 0 Å². The summed E-state index contributed by atoms with van der Waals surface area (Å²) in [4.78, 5) is 15.6. The third kappa shape index (κ3) is 4.85. The second kappa shape index (κ2) is 9.55. The van der Waals surface area contributed by atoms with Gasteiger partial charge in [-0.2, -0.15) is 4.31 Å². The van der Waals surface area contributed by atoms with Crippen LogP contribution in [0.4, 0.5) is 0 Å². The average Bonchev–Trinajstić information content (AvgIpc) is 2.78. The van der Waals surface area contributed by atoms with E-state index in [0.29, 0.717) is 42.9 Å². The van der Waals surface area contributed by atoms with Crippen LogP contribution in [-0.2, 0) is 14.8 Å². The minimum atomic E-state index is -3.53. The van der Waals surface area contributed by atoms with Gasteiger partial charge in [0.05, 0.1) is 4.90 Å². The maximum atomic E-state index is 12.8. The van der Waals surface area contributed by atoms with Crippen molar-refractivity contribution >= 4 is 27.5 Å². The second-order valence-corrected chi connectivity index (χ2v) is 11.3. The Labute approximate surface area is 185 Å². The van der Waals surface area contributed by atoms with Crippen molar-refractivity contribution in [1.82, 2.24) is 14.5 Å². The summed E-state index contributed by atoms with van der Waals surface area (Å²) < 4.78 is 27.1. The molecule has 3 aliphatic heterocycles. The molecule has 166 valence electrons. The van der Waals surface area contributed by atoms with E-state index < -0.39 is 10.0 Å². The van der Waals surface area contributed by atoms with E-state index in [1.54, 1.807) is 12.1 Å². The van der Waals surface area contributed by atoms with E-state index in [1.807, 2.05) is 0 Å². The van der Waals surface area contributed by atoms with Crippen molar-refractivity contribution in [3.8, 4) is 0 Å². The first-order chi connectivity index (χ1) is 14.4. The zero-order valence-electron chi connectivity index (χ0n) is 17.4. The summed E-state index contributed by atoms with van der Waals surface area (Å²) in [5.74, 6) is 0.535. The maximum Gasteiger partial charge on any atom is 0.243 e. The topological polar surface area (TPSA) is 69.7 Å². The van der Waals surface area contributed by atoms with Crippen LogP contribution in [-0.4, -0.2) is 62.3 Å². The molecule has 3 fully saturated rings. The van der Waals surface area contributed by atoms with Crippen molar-refractivity contribution in [1.29, 1.82) is 0 Å². The zero-order chi connectivity index (χ0) is 21.1. The summed E-state index contributed by atoms with van der Waals surface area (Å²) in [7, 11) is -3.53. The van der Waals surface area contributed by atoms with Gasteiger partial charge >= 0.3 is 0 Å². The molecule has 1 amide bonds. The van der Waals surface area contributed by atoms with Crippen LogP contribution in [0.3, 0.4) is 0 Å². The van der Waals surface area contributed by atoms with Crippen LogP contribution < -0.4 is 5.32 Å². The molecule has 8 heteroatoms. The van der Waals surface area contributed by atoms with Gasteiger partial charge in [-0.1, -0.05) is 18.0 Å². The maximum absolute atomic E-state index is 12.8. The summed E-state index contributed by atoms with van der Waals surface area (Å²) in [5, 5.41) is 3.71. The first-order valence-corrected chi connectivity index (χ1v) is 13.0. The predicted octanol–water partition coefficient (Wildman–Crippen LogP) is 3.12. The van der Waals surface area contributed by atoms with E-state index in [4.69, 9.17) is 11.6 Å². The summed E-state index contributed by atoms with van der Waals surface area (Å²) in [6, 6.07) is 6.88. The molecule has 0 spiro atoms. The lowest BCUT2D eigenvalue weighted by molar-refractivity contribution is -0.126. The number of sulfonamides is 1. The van der Waals surface area contributed by atoms with Crippen LogP contribution in [0.25, 0.3) is 0 Å². The Kier molecular flexibility index (Phi) is 7.02. The first-order valence-electron chi connectivity index (χ1n) is 11.2. The molecule has 2 atom stereocenters. The number of hydrogen-bond acceptors (Lipinski definition) is 4. The van der Waals surface area contributed by atoms with Crippen LogP contribution in [0.15, 0.2) is 29.2 Å². The fraction of sp³-hybridized carbons (Fsp3) is 0.682. The molecule has 1 aromatic rings. The normalized spacial score (nSPS) is 26.8. The number of halogens is 1. The molecule has 0 saturated carbocycles. The van der Waals surface area contributed by atoms with E-state index in [0.717, 1.165) is 6.54 Å². The number of rotatable bonds is 5. The average molecular weight is 454 g/mol. The number of piperidine rings is 3. The van der Waals surface area contributed by atoms with Gasteiger partial charge in [-0.25, -0.2) is 8.42 Å². The van der Waals surface area contributed by atoms with E-state index in [-0.39, 0.29) is 16.7 Å². The number of hydrogen-bond donors (Lipinski definition) is 1. The van der Waals surface area contributed by atoms with Crippen molar-refractivity contribution in [3.63, 3.8) is 0 Å². The minimum Gasteiger partial charge on any atom is -0.356 e. The van der Waals surface area contributed by atoms with Gasteiger partial charge in [0.15, 0.2) is 0 Å². The highest BCUT2D eigenvalue weighted by Gasteiger charge is 2.35. The number of fused-ring (bicyclic) bond motifs is 1. The second-order valence-electron chi connectivity index (χ2n) is 8.88. The molecule has 0 radical (unpaired) electrons. The number of carbonyl (C=O) groups excluding carboxylic acids is 1. The van der Waals surface area contributed by atoms with Crippen LogP contribution >= 0.6 is 11.6 Å². The van der Waals surface area contributed by atoms with Crippen LogP contribution in [0.1, 0.15) is 44.9 Å². The SMILES string of the molecule is O=C(NC[C@@H]1CCCN2CCCC[C@H]12)C1CCN(S(=O)(=O)c2ccc(Cl)cc2)CC1. The third-order valence-corrected chi connectivity index (χ3v) is 9.21. The smallest absolute Gasteiger partial charge is 0.243 e. The van der Waals surface area contributed by atoms with Gasteiger partial charge < -0.3 is 10.2 Å². The molecule has 1 aromatic carbocycles. The number of carbonyl (C=O) groups is 1. The molecule has 0 unspecified atom stereocenters. The molecule has 0 bridgehead atoms. The monoisotopic (exact) mass is 453 g/mol. The van der Waals surface area contributed by atoms with Gasteiger partial charge in [-0.3, -0.25) is 4.79 Å². The summed E-state index contributed by atoms with van der Waals surface area (Å²) >= 11 is 5.87. The predicted molar refractivity (Wildman–Crippen MR) is 118 cm³/mol. The first kappa shape index (κ1) is 22.1. The van der Waals surface area contributed by atoms with E-state index in [1.165, 1.54) is 61.6 Å². The Morgan fingerprint density at radius 1 is 0.967 bits per heavy atom. The molecule has 1 N–H and O–H groups in total. The van der Waals surface area contributed by atoms with Crippen molar-refractivity contribution in [2.75, 3.05) is 32.7 Å². The molecular weight excluding hydrogens is 422 g/mol. The number of nitrogens with one attached hydrogen (secondary N) is 1. The Balaban J connectivity index is 1.27. The van der Waals surface area contributed by atoms with Gasteiger partial charge in [0.2, 0.25) is 15.9 Å². The fourth-order valence-electron chi connectivity index (χ4n) is 5.31. The third-order valence-electron chi connectivity index (χ3n) is 7.04. The number of benzene rings is 1. The van der Waals surface area contributed by atoms with Crippen molar-refractivity contribution in [2.24, 2.45) is 11.8 Å². The molecule has 0 aliphatic carbocycles. The summed E-state index contributed by atoms with van der Waals surface area (Å²) in [6.45, 7) is 3.92. The lowest BCUT2D eigenvalue weighted by atomic mass is 9.83. The highest BCUT2D eigenvalue weighted by atomic mass is 35.5. The van der Waals surface area contributed by atoms with Crippen molar-refractivity contribution in [3.05, 3.63) is 29.3 Å². The molecular formula is C22H32ClN3O3S. The Morgan fingerprint density at radius 2 is 1.67 bits per heavy atom. The van der Waals surface area contributed by atoms with E-state index in [9.17, 15) is 13.2 Å². The Morgan fingerprint density at radius 3 is 2.40 bits per heavy atom. The summed E-state index contributed by atoms with van der Waals surface area (Å²) in [5.41, 5.74) is 0. The fourth-order valence-corrected chi connectivity index (χ4v) is 6.90.